The number of amides is 1. The first-order valence-electron chi connectivity index (χ1n) is 14.2. The van der Waals surface area contributed by atoms with Crippen LogP contribution in [0.25, 0.3) is 16.9 Å². The van der Waals surface area contributed by atoms with Crippen molar-refractivity contribution in [1.29, 1.82) is 0 Å². The van der Waals surface area contributed by atoms with E-state index in [0.29, 0.717) is 36.0 Å². The molecule has 2 heterocycles. The molecule has 4 aromatic carbocycles. The van der Waals surface area contributed by atoms with E-state index in [2.05, 4.69) is 68.9 Å². The molecule has 0 saturated heterocycles. The van der Waals surface area contributed by atoms with Crippen LogP contribution in [0.4, 0.5) is 0 Å². The fourth-order valence-corrected chi connectivity index (χ4v) is 5.74. The van der Waals surface area contributed by atoms with E-state index in [1.807, 2.05) is 67.6 Å². The van der Waals surface area contributed by atoms with Gasteiger partial charge in [-0.2, -0.15) is 5.10 Å². The SMILES string of the molecule is CCOc1cc(/C=N/NC(=O)c2ccc(-n3c(C)ccc3-c3ccccc3)cc2)cc(I)c1OCc1ccc2c(c1)OCO2. The zero-order valence-corrected chi connectivity index (χ0v) is 26.4. The van der Waals surface area contributed by atoms with Crippen LogP contribution in [0.2, 0.25) is 0 Å². The first-order chi connectivity index (χ1) is 21.5. The Kier molecular flexibility index (Phi) is 8.83. The molecule has 0 atom stereocenters. The quantitative estimate of drug-likeness (QED) is 0.0927. The van der Waals surface area contributed by atoms with E-state index in [9.17, 15) is 4.79 Å². The maximum absolute atomic E-state index is 12.9. The number of hydrogen-bond donors (Lipinski definition) is 1. The molecule has 1 amide bonds. The molecule has 0 spiro atoms. The summed E-state index contributed by atoms with van der Waals surface area (Å²) >= 11 is 2.21. The zero-order valence-electron chi connectivity index (χ0n) is 24.2. The molecule has 0 radical (unpaired) electrons. The second-order valence-electron chi connectivity index (χ2n) is 10.0. The lowest BCUT2D eigenvalue weighted by atomic mass is 10.1. The van der Waals surface area contributed by atoms with Crippen LogP contribution in [0.3, 0.4) is 0 Å². The average Bonchev–Trinajstić information content (AvgIpc) is 3.67. The number of hydrogen-bond acceptors (Lipinski definition) is 6. The van der Waals surface area contributed by atoms with Crippen molar-refractivity contribution < 1.29 is 23.7 Å². The van der Waals surface area contributed by atoms with Crippen molar-refractivity contribution in [2.24, 2.45) is 5.10 Å². The summed E-state index contributed by atoms with van der Waals surface area (Å²) in [6.07, 6.45) is 1.59. The van der Waals surface area contributed by atoms with Gasteiger partial charge in [-0.3, -0.25) is 4.79 Å². The minimum absolute atomic E-state index is 0.228. The van der Waals surface area contributed by atoms with Gasteiger partial charge in [0, 0.05) is 16.9 Å². The average molecular weight is 700 g/mol. The highest BCUT2D eigenvalue weighted by atomic mass is 127. The predicted molar refractivity (Wildman–Crippen MR) is 178 cm³/mol. The molecule has 0 aliphatic carbocycles. The number of fused-ring (bicyclic) bond motifs is 1. The van der Waals surface area contributed by atoms with Gasteiger partial charge in [0.05, 0.1) is 22.1 Å². The molecule has 1 N–H and O–H groups in total. The first-order valence-corrected chi connectivity index (χ1v) is 15.2. The molecule has 1 aliphatic rings. The van der Waals surface area contributed by atoms with Crippen LogP contribution in [0, 0.1) is 10.5 Å². The van der Waals surface area contributed by atoms with E-state index in [0.717, 1.165) is 43.1 Å². The molecule has 6 rings (SSSR count). The summed E-state index contributed by atoms with van der Waals surface area (Å²) in [5.74, 6) is 2.38. The predicted octanol–water partition coefficient (Wildman–Crippen LogP) is 7.53. The molecular weight excluding hydrogens is 669 g/mol. The Labute approximate surface area is 269 Å². The maximum Gasteiger partial charge on any atom is 0.271 e. The number of nitrogens with one attached hydrogen (secondary N) is 1. The Hall–Kier alpha value is -4.77. The van der Waals surface area contributed by atoms with Crippen molar-refractivity contribution in [2.75, 3.05) is 13.4 Å². The molecule has 0 fully saturated rings. The Morgan fingerprint density at radius 2 is 1.75 bits per heavy atom. The first kappa shape index (κ1) is 29.3. The number of ether oxygens (including phenoxy) is 4. The molecule has 9 heteroatoms. The molecule has 222 valence electrons. The highest BCUT2D eigenvalue weighted by Gasteiger charge is 2.16. The van der Waals surface area contributed by atoms with Crippen LogP contribution in [0.5, 0.6) is 23.0 Å². The summed E-state index contributed by atoms with van der Waals surface area (Å²) < 4.78 is 25.9. The summed E-state index contributed by atoms with van der Waals surface area (Å²) in [4.78, 5) is 12.9. The summed E-state index contributed by atoms with van der Waals surface area (Å²) in [6, 6.07) is 31.4. The van der Waals surface area contributed by atoms with Crippen molar-refractivity contribution in [3.05, 3.63) is 123 Å². The highest BCUT2D eigenvalue weighted by Crippen LogP contribution is 2.36. The topological polar surface area (TPSA) is 83.3 Å². The van der Waals surface area contributed by atoms with Gasteiger partial charge in [-0.1, -0.05) is 36.4 Å². The molecule has 0 unspecified atom stereocenters. The summed E-state index contributed by atoms with van der Waals surface area (Å²) in [5, 5.41) is 4.20. The van der Waals surface area contributed by atoms with Gasteiger partial charge in [-0.15, -0.1) is 0 Å². The van der Waals surface area contributed by atoms with Crippen molar-refractivity contribution in [3.8, 4) is 39.9 Å². The number of nitrogens with zero attached hydrogens (tertiary/aromatic N) is 2. The number of carbonyl (C=O) groups is 1. The van der Waals surface area contributed by atoms with Crippen LogP contribution >= 0.6 is 22.6 Å². The van der Waals surface area contributed by atoms with Gasteiger partial charge in [0.2, 0.25) is 6.79 Å². The fourth-order valence-electron chi connectivity index (χ4n) is 4.96. The largest absolute Gasteiger partial charge is 0.490 e. The highest BCUT2D eigenvalue weighted by molar-refractivity contribution is 14.1. The van der Waals surface area contributed by atoms with Crippen LogP contribution in [-0.4, -0.2) is 30.1 Å². The second kappa shape index (κ2) is 13.3. The van der Waals surface area contributed by atoms with Crippen LogP contribution in [-0.2, 0) is 6.61 Å². The van der Waals surface area contributed by atoms with Gasteiger partial charge in [0.1, 0.15) is 6.61 Å². The van der Waals surface area contributed by atoms with E-state index >= 15 is 0 Å². The maximum atomic E-state index is 12.9. The molecule has 1 aliphatic heterocycles. The third-order valence-corrected chi connectivity index (χ3v) is 7.87. The monoisotopic (exact) mass is 699 g/mol. The smallest absolute Gasteiger partial charge is 0.271 e. The third kappa shape index (κ3) is 6.42. The molecule has 44 heavy (non-hydrogen) atoms. The Bertz CT molecular complexity index is 1820. The van der Waals surface area contributed by atoms with E-state index in [1.54, 1.807) is 18.3 Å². The Morgan fingerprint density at radius 3 is 2.55 bits per heavy atom. The van der Waals surface area contributed by atoms with Crippen LogP contribution in [0.15, 0.2) is 102 Å². The number of aryl methyl sites for hydroxylation is 1. The van der Waals surface area contributed by atoms with Crippen molar-refractivity contribution in [2.45, 2.75) is 20.5 Å². The lowest BCUT2D eigenvalue weighted by Crippen LogP contribution is -2.17. The minimum atomic E-state index is -0.302. The van der Waals surface area contributed by atoms with Gasteiger partial charge >= 0.3 is 0 Å². The lowest BCUT2D eigenvalue weighted by Gasteiger charge is -2.15. The Balaban J connectivity index is 1.12. The normalized spacial score (nSPS) is 12.0. The van der Waals surface area contributed by atoms with E-state index in [4.69, 9.17) is 18.9 Å². The van der Waals surface area contributed by atoms with E-state index < -0.39 is 0 Å². The second-order valence-corrected chi connectivity index (χ2v) is 11.2. The van der Waals surface area contributed by atoms with Gasteiger partial charge in [-0.05, 0) is 114 Å². The lowest BCUT2D eigenvalue weighted by molar-refractivity contribution is 0.0955. The van der Waals surface area contributed by atoms with E-state index in [1.165, 1.54) is 0 Å². The summed E-state index contributed by atoms with van der Waals surface area (Å²) in [6.45, 7) is 5.02. The van der Waals surface area contributed by atoms with Gasteiger partial charge in [0.25, 0.3) is 5.91 Å². The van der Waals surface area contributed by atoms with Crippen LogP contribution < -0.4 is 24.4 Å². The van der Waals surface area contributed by atoms with Crippen molar-refractivity contribution >= 4 is 34.7 Å². The number of halogens is 1. The number of aromatic nitrogens is 1. The van der Waals surface area contributed by atoms with Crippen molar-refractivity contribution in [3.63, 3.8) is 0 Å². The third-order valence-electron chi connectivity index (χ3n) is 7.06. The van der Waals surface area contributed by atoms with Gasteiger partial charge in [-0.25, -0.2) is 5.43 Å². The molecular formula is C35H30IN3O5. The number of rotatable bonds is 10. The Morgan fingerprint density at radius 1 is 0.955 bits per heavy atom. The van der Waals surface area contributed by atoms with Gasteiger partial charge in [0.15, 0.2) is 23.0 Å². The number of carbonyl (C=O) groups excluding carboxylic acids is 1. The van der Waals surface area contributed by atoms with Gasteiger partial charge < -0.3 is 23.5 Å². The summed E-state index contributed by atoms with van der Waals surface area (Å²) in [5.41, 5.74) is 9.16. The molecule has 8 nitrogen and oxygen atoms in total. The van der Waals surface area contributed by atoms with E-state index in [-0.39, 0.29) is 12.7 Å². The van der Waals surface area contributed by atoms with Crippen molar-refractivity contribution in [1.82, 2.24) is 9.99 Å². The molecule has 1 aromatic heterocycles. The summed E-state index contributed by atoms with van der Waals surface area (Å²) in [7, 11) is 0. The standard InChI is InChI=1S/C35H30IN3O5/c1-3-41-33-19-25(17-29(36)34(33)42-21-24-10-16-31-32(18-24)44-22-43-31)20-37-38-35(40)27-11-13-28(14-12-27)39-23(2)9-15-30(39)26-7-5-4-6-8-26/h4-20H,3,21-22H2,1-2H3,(H,38,40)/b37-20+. The number of benzene rings is 4. The van der Waals surface area contributed by atoms with Crippen LogP contribution in [0.1, 0.15) is 34.1 Å². The molecule has 0 bridgehead atoms. The minimum Gasteiger partial charge on any atom is -0.490 e. The molecule has 5 aromatic rings. The zero-order chi connectivity index (χ0) is 30.5. The fraction of sp³-hybridized carbons (Fsp3) is 0.143. The number of hydrazone groups is 1. The molecule has 0 saturated carbocycles.